The zero-order valence-electron chi connectivity index (χ0n) is 11.8. The summed E-state index contributed by atoms with van der Waals surface area (Å²) in [7, 11) is 0. The molecule has 1 rings (SSSR count). The van der Waals surface area contributed by atoms with Gasteiger partial charge >= 0.3 is 0 Å². The molecular formula is C14H28N2O2. The van der Waals surface area contributed by atoms with Gasteiger partial charge in [-0.25, -0.2) is 0 Å². The van der Waals surface area contributed by atoms with E-state index in [0.29, 0.717) is 31.6 Å². The Labute approximate surface area is 111 Å². The second-order valence-corrected chi connectivity index (χ2v) is 5.46. The fraction of sp³-hybridized carbons (Fsp3) is 0.929. The van der Waals surface area contributed by atoms with Crippen molar-refractivity contribution in [3.8, 4) is 0 Å². The minimum Gasteiger partial charge on any atom is -0.380 e. The highest BCUT2D eigenvalue weighted by atomic mass is 16.5. The van der Waals surface area contributed by atoms with Gasteiger partial charge in [0.05, 0.1) is 6.61 Å². The Morgan fingerprint density at radius 1 is 1.50 bits per heavy atom. The molecule has 1 saturated carbocycles. The van der Waals surface area contributed by atoms with Gasteiger partial charge in [0.25, 0.3) is 0 Å². The van der Waals surface area contributed by atoms with Crippen LogP contribution in [0.3, 0.4) is 0 Å². The number of ether oxygens (including phenoxy) is 1. The fourth-order valence-corrected chi connectivity index (χ4v) is 2.61. The third-order valence-electron chi connectivity index (χ3n) is 3.58. The van der Waals surface area contributed by atoms with Crippen molar-refractivity contribution in [2.75, 3.05) is 13.2 Å². The largest absolute Gasteiger partial charge is 0.380 e. The zero-order chi connectivity index (χ0) is 13.4. The third-order valence-corrected chi connectivity index (χ3v) is 3.58. The van der Waals surface area contributed by atoms with Crippen LogP contribution in [-0.4, -0.2) is 31.2 Å². The molecule has 18 heavy (non-hydrogen) atoms. The Kier molecular flexibility index (Phi) is 7.28. The molecule has 0 bridgehead atoms. The molecule has 0 saturated heterocycles. The standard InChI is InChI=1S/C14H28N2O2/c1-3-18-10-11(2)16-14(17)8-7-12-5-4-6-13(15)9-12/h11-13H,3-10,15H2,1-2H3,(H,16,17). The van der Waals surface area contributed by atoms with E-state index in [2.05, 4.69) is 5.32 Å². The first kappa shape index (κ1) is 15.4. The second kappa shape index (κ2) is 8.48. The quantitative estimate of drug-likeness (QED) is 0.730. The van der Waals surface area contributed by atoms with E-state index in [1.54, 1.807) is 0 Å². The van der Waals surface area contributed by atoms with E-state index in [4.69, 9.17) is 10.5 Å². The molecule has 0 spiro atoms. The monoisotopic (exact) mass is 256 g/mol. The molecule has 1 aliphatic carbocycles. The van der Waals surface area contributed by atoms with Crippen LogP contribution in [0.1, 0.15) is 52.4 Å². The van der Waals surface area contributed by atoms with E-state index in [9.17, 15) is 4.79 Å². The number of rotatable bonds is 7. The maximum Gasteiger partial charge on any atom is 0.220 e. The fourth-order valence-electron chi connectivity index (χ4n) is 2.61. The van der Waals surface area contributed by atoms with Crippen molar-refractivity contribution in [2.45, 2.75) is 64.5 Å². The van der Waals surface area contributed by atoms with Crippen LogP contribution in [0.25, 0.3) is 0 Å². The van der Waals surface area contributed by atoms with Crippen molar-refractivity contribution in [3.05, 3.63) is 0 Å². The van der Waals surface area contributed by atoms with Gasteiger partial charge in [-0.05, 0) is 39.0 Å². The summed E-state index contributed by atoms with van der Waals surface area (Å²) in [4.78, 5) is 11.7. The van der Waals surface area contributed by atoms with Gasteiger partial charge in [0.1, 0.15) is 0 Å². The smallest absolute Gasteiger partial charge is 0.220 e. The molecule has 1 fully saturated rings. The summed E-state index contributed by atoms with van der Waals surface area (Å²) < 4.78 is 5.27. The van der Waals surface area contributed by atoms with E-state index in [1.807, 2.05) is 13.8 Å². The van der Waals surface area contributed by atoms with E-state index < -0.39 is 0 Å². The maximum atomic E-state index is 11.7. The van der Waals surface area contributed by atoms with E-state index in [-0.39, 0.29) is 11.9 Å². The van der Waals surface area contributed by atoms with Crippen LogP contribution in [0.5, 0.6) is 0 Å². The maximum absolute atomic E-state index is 11.7. The summed E-state index contributed by atoms with van der Waals surface area (Å²) in [5.41, 5.74) is 5.95. The van der Waals surface area contributed by atoms with Crippen LogP contribution < -0.4 is 11.1 Å². The number of hydrogen-bond donors (Lipinski definition) is 2. The molecule has 4 heteroatoms. The Hall–Kier alpha value is -0.610. The summed E-state index contributed by atoms with van der Waals surface area (Å²) in [6.07, 6.45) is 6.27. The average Bonchev–Trinajstić information content (AvgIpc) is 2.34. The van der Waals surface area contributed by atoms with Crippen molar-refractivity contribution in [2.24, 2.45) is 11.7 Å². The van der Waals surface area contributed by atoms with E-state index in [0.717, 1.165) is 19.3 Å². The van der Waals surface area contributed by atoms with Crippen LogP contribution in [0.4, 0.5) is 0 Å². The Balaban J connectivity index is 2.12. The molecule has 3 atom stereocenters. The van der Waals surface area contributed by atoms with Crippen molar-refractivity contribution < 1.29 is 9.53 Å². The molecule has 3 N–H and O–H groups in total. The first-order valence-electron chi connectivity index (χ1n) is 7.24. The molecular weight excluding hydrogens is 228 g/mol. The molecule has 0 aromatic rings. The van der Waals surface area contributed by atoms with Crippen molar-refractivity contribution >= 4 is 5.91 Å². The lowest BCUT2D eigenvalue weighted by Gasteiger charge is -2.26. The molecule has 0 aromatic carbocycles. The minimum atomic E-state index is 0.103. The Morgan fingerprint density at radius 2 is 2.28 bits per heavy atom. The predicted octanol–water partition coefficient (Wildman–Crippen LogP) is 1.83. The molecule has 3 unspecified atom stereocenters. The molecule has 106 valence electrons. The van der Waals surface area contributed by atoms with Crippen molar-refractivity contribution in [1.29, 1.82) is 0 Å². The van der Waals surface area contributed by atoms with Gasteiger partial charge in [0.2, 0.25) is 5.91 Å². The number of carbonyl (C=O) groups excluding carboxylic acids is 1. The second-order valence-electron chi connectivity index (χ2n) is 5.46. The van der Waals surface area contributed by atoms with Gasteiger partial charge in [0.15, 0.2) is 0 Å². The topological polar surface area (TPSA) is 64.3 Å². The van der Waals surface area contributed by atoms with Gasteiger partial charge in [0, 0.05) is 25.1 Å². The van der Waals surface area contributed by atoms with Crippen LogP contribution in [-0.2, 0) is 9.53 Å². The number of amides is 1. The van der Waals surface area contributed by atoms with Crippen molar-refractivity contribution in [3.63, 3.8) is 0 Å². The lowest BCUT2D eigenvalue weighted by Crippen LogP contribution is -2.36. The average molecular weight is 256 g/mol. The number of carbonyl (C=O) groups is 1. The molecule has 0 radical (unpaired) electrons. The van der Waals surface area contributed by atoms with Gasteiger partial charge in [-0.2, -0.15) is 0 Å². The lowest BCUT2D eigenvalue weighted by molar-refractivity contribution is -0.122. The molecule has 1 amide bonds. The van der Waals surface area contributed by atoms with Gasteiger partial charge < -0.3 is 15.8 Å². The predicted molar refractivity (Wildman–Crippen MR) is 73.3 cm³/mol. The summed E-state index contributed by atoms with van der Waals surface area (Å²) in [6.45, 7) is 5.22. The number of nitrogens with one attached hydrogen (secondary N) is 1. The normalized spacial score (nSPS) is 25.7. The summed E-state index contributed by atoms with van der Waals surface area (Å²) in [5, 5.41) is 2.97. The van der Waals surface area contributed by atoms with Crippen LogP contribution in [0.2, 0.25) is 0 Å². The van der Waals surface area contributed by atoms with Gasteiger partial charge in [-0.15, -0.1) is 0 Å². The van der Waals surface area contributed by atoms with Crippen molar-refractivity contribution in [1.82, 2.24) is 5.32 Å². The summed E-state index contributed by atoms with van der Waals surface area (Å²) in [5.74, 6) is 0.781. The summed E-state index contributed by atoms with van der Waals surface area (Å²) >= 11 is 0. The first-order valence-corrected chi connectivity index (χ1v) is 7.24. The lowest BCUT2D eigenvalue weighted by atomic mass is 9.83. The molecule has 0 aliphatic heterocycles. The molecule has 0 aromatic heterocycles. The highest BCUT2D eigenvalue weighted by Crippen LogP contribution is 2.26. The minimum absolute atomic E-state index is 0.103. The first-order chi connectivity index (χ1) is 8.61. The SMILES string of the molecule is CCOCC(C)NC(=O)CCC1CCCC(N)C1. The van der Waals surface area contributed by atoms with Gasteiger partial charge in [-0.3, -0.25) is 4.79 Å². The highest BCUT2D eigenvalue weighted by molar-refractivity contribution is 5.76. The Morgan fingerprint density at radius 3 is 2.94 bits per heavy atom. The van der Waals surface area contributed by atoms with Gasteiger partial charge in [-0.1, -0.05) is 12.8 Å². The van der Waals surface area contributed by atoms with Crippen LogP contribution in [0.15, 0.2) is 0 Å². The zero-order valence-corrected chi connectivity index (χ0v) is 11.8. The van der Waals surface area contributed by atoms with Crippen LogP contribution in [0, 0.1) is 5.92 Å². The molecule has 0 heterocycles. The molecule has 1 aliphatic rings. The third kappa shape index (κ3) is 6.36. The van der Waals surface area contributed by atoms with E-state index in [1.165, 1.54) is 12.8 Å². The Bertz CT molecular complexity index is 246. The summed E-state index contributed by atoms with van der Waals surface area (Å²) in [6, 6.07) is 0.453. The number of hydrogen-bond acceptors (Lipinski definition) is 3. The highest BCUT2D eigenvalue weighted by Gasteiger charge is 2.20. The van der Waals surface area contributed by atoms with E-state index >= 15 is 0 Å². The number of nitrogens with two attached hydrogens (primary N) is 1. The molecule has 4 nitrogen and oxygen atoms in total. The van der Waals surface area contributed by atoms with Crippen LogP contribution >= 0.6 is 0 Å².